The van der Waals surface area contributed by atoms with Crippen molar-refractivity contribution in [2.24, 2.45) is 4.40 Å². The van der Waals surface area contributed by atoms with Crippen molar-refractivity contribution in [1.82, 2.24) is 5.32 Å². The van der Waals surface area contributed by atoms with Gasteiger partial charge >= 0.3 is 0 Å². The normalized spacial score (nSPS) is 15.6. The molecule has 3 aromatic carbocycles. The van der Waals surface area contributed by atoms with Crippen LogP contribution >= 0.6 is 0 Å². The molecule has 152 valence electrons. The summed E-state index contributed by atoms with van der Waals surface area (Å²) in [6.45, 7) is 1.85. The first-order chi connectivity index (χ1) is 14.3. The number of sulfonamides is 1. The third-order valence-corrected chi connectivity index (χ3v) is 7.64. The predicted molar refractivity (Wildman–Crippen MR) is 116 cm³/mol. The molecule has 1 aliphatic heterocycles. The average molecular weight is 439 g/mol. The summed E-state index contributed by atoms with van der Waals surface area (Å²) in [7, 11) is -7.88. The molecule has 0 fully saturated rings. The molecule has 0 saturated carbocycles. The molecule has 0 atom stereocenters. The number of nitrogens with one attached hydrogen (secondary N) is 1. The Hall–Kier alpha value is -3.23. The summed E-state index contributed by atoms with van der Waals surface area (Å²) >= 11 is 0. The van der Waals surface area contributed by atoms with Gasteiger partial charge in [-0.3, -0.25) is 0 Å². The Morgan fingerprint density at radius 1 is 0.700 bits per heavy atom. The van der Waals surface area contributed by atoms with Crippen molar-refractivity contribution in [2.75, 3.05) is 0 Å². The van der Waals surface area contributed by atoms with Crippen LogP contribution < -0.4 is 5.32 Å². The van der Waals surface area contributed by atoms with Crippen LogP contribution in [0.2, 0.25) is 0 Å². The van der Waals surface area contributed by atoms with Gasteiger partial charge < -0.3 is 5.32 Å². The first-order valence-electron chi connectivity index (χ1n) is 9.08. The van der Waals surface area contributed by atoms with Gasteiger partial charge in [0.1, 0.15) is 0 Å². The molecular formula is C22H18N2O4S2. The van der Waals surface area contributed by atoms with Crippen LogP contribution in [0.1, 0.15) is 11.1 Å². The second kappa shape index (κ2) is 7.55. The van der Waals surface area contributed by atoms with Crippen molar-refractivity contribution >= 4 is 31.3 Å². The van der Waals surface area contributed by atoms with Crippen molar-refractivity contribution in [2.45, 2.75) is 16.7 Å². The van der Waals surface area contributed by atoms with E-state index in [4.69, 9.17) is 0 Å². The van der Waals surface area contributed by atoms with Crippen LogP contribution in [-0.4, -0.2) is 22.7 Å². The monoisotopic (exact) mass is 438 g/mol. The third kappa shape index (κ3) is 3.67. The van der Waals surface area contributed by atoms with Gasteiger partial charge in [0.2, 0.25) is 9.84 Å². The van der Waals surface area contributed by atoms with Gasteiger partial charge in [-0.15, -0.1) is 4.40 Å². The Balaban J connectivity index is 1.85. The first kappa shape index (κ1) is 20.1. The highest BCUT2D eigenvalue weighted by Crippen LogP contribution is 2.33. The van der Waals surface area contributed by atoms with Gasteiger partial charge in [0, 0.05) is 0 Å². The first-order valence-corrected chi connectivity index (χ1v) is 12.0. The number of benzene rings is 3. The summed E-state index contributed by atoms with van der Waals surface area (Å²) in [5.41, 5.74) is 1.73. The minimum atomic E-state index is -4.02. The van der Waals surface area contributed by atoms with E-state index >= 15 is 0 Å². The largest absolute Gasteiger partial charge is 0.329 e. The summed E-state index contributed by atoms with van der Waals surface area (Å²) < 4.78 is 55.6. The maximum atomic E-state index is 13.1. The van der Waals surface area contributed by atoms with E-state index in [1.54, 1.807) is 60.7 Å². The van der Waals surface area contributed by atoms with Gasteiger partial charge in [-0.25, -0.2) is 8.42 Å². The van der Waals surface area contributed by atoms with Gasteiger partial charge in [-0.2, -0.15) is 8.42 Å². The van der Waals surface area contributed by atoms with Gasteiger partial charge in [-0.05, 0) is 36.8 Å². The fourth-order valence-corrected chi connectivity index (χ4v) is 5.45. The van der Waals surface area contributed by atoms with Crippen LogP contribution in [0.25, 0.3) is 5.57 Å². The maximum Gasteiger partial charge on any atom is 0.284 e. The minimum Gasteiger partial charge on any atom is -0.329 e. The molecule has 1 aliphatic rings. The lowest BCUT2D eigenvalue weighted by molar-refractivity contribution is 0.595. The van der Waals surface area contributed by atoms with Crippen LogP contribution in [0.5, 0.6) is 0 Å². The van der Waals surface area contributed by atoms with Crippen molar-refractivity contribution in [3.8, 4) is 0 Å². The maximum absolute atomic E-state index is 13.1. The molecule has 3 aromatic rings. The Morgan fingerprint density at radius 3 is 1.87 bits per heavy atom. The van der Waals surface area contributed by atoms with Crippen molar-refractivity contribution in [3.63, 3.8) is 0 Å². The fourth-order valence-electron chi connectivity index (χ4n) is 3.02. The van der Waals surface area contributed by atoms with Crippen LogP contribution in [-0.2, 0) is 19.9 Å². The molecule has 0 aliphatic carbocycles. The van der Waals surface area contributed by atoms with E-state index in [9.17, 15) is 16.8 Å². The Morgan fingerprint density at radius 2 is 1.27 bits per heavy atom. The van der Waals surface area contributed by atoms with Gasteiger partial charge in [0.15, 0.2) is 10.9 Å². The topological polar surface area (TPSA) is 92.7 Å². The molecule has 0 bridgehead atoms. The summed E-state index contributed by atoms with van der Waals surface area (Å²) in [5.74, 6) is -0.00344. The number of nitrogens with zero attached hydrogens (tertiary/aromatic N) is 1. The summed E-state index contributed by atoms with van der Waals surface area (Å²) in [6, 6.07) is 23.0. The van der Waals surface area contributed by atoms with Crippen molar-refractivity contribution < 1.29 is 16.8 Å². The zero-order valence-corrected chi connectivity index (χ0v) is 17.6. The second-order valence-corrected chi connectivity index (χ2v) is 10.2. The van der Waals surface area contributed by atoms with Gasteiger partial charge in [-0.1, -0.05) is 66.2 Å². The van der Waals surface area contributed by atoms with Crippen LogP contribution in [0.4, 0.5) is 0 Å². The molecule has 0 saturated heterocycles. The zero-order valence-electron chi connectivity index (χ0n) is 16.0. The highest BCUT2D eigenvalue weighted by Gasteiger charge is 2.37. The zero-order chi connectivity index (χ0) is 21.4. The highest BCUT2D eigenvalue weighted by molar-refractivity contribution is 7.95. The lowest BCUT2D eigenvalue weighted by Crippen LogP contribution is -2.41. The van der Waals surface area contributed by atoms with Crippen LogP contribution in [0.15, 0.2) is 104 Å². The van der Waals surface area contributed by atoms with Gasteiger partial charge in [0.05, 0.1) is 15.4 Å². The average Bonchev–Trinajstić information content (AvgIpc) is 2.72. The second-order valence-electron chi connectivity index (χ2n) is 6.74. The number of sulfone groups is 1. The standard InChI is InChI=1S/C22H18N2O4S2/c1-16-12-14-19(15-13-16)30(27,28)24-21-20(17-8-4-2-5-9-17)22(23-21)29(25,26)18-10-6-3-7-11-18/h2-15H,1H3,(H,23,24). The van der Waals surface area contributed by atoms with E-state index in [2.05, 4.69) is 9.71 Å². The minimum absolute atomic E-state index is 0.00344. The van der Waals surface area contributed by atoms with Crippen molar-refractivity contribution in [3.05, 3.63) is 101 Å². The highest BCUT2D eigenvalue weighted by atomic mass is 32.2. The molecule has 30 heavy (non-hydrogen) atoms. The van der Waals surface area contributed by atoms with E-state index in [1.807, 2.05) is 6.92 Å². The Labute approximate surface area is 175 Å². The predicted octanol–water partition coefficient (Wildman–Crippen LogP) is 3.53. The third-order valence-electron chi connectivity index (χ3n) is 4.61. The van der Waals surface area contributed by atoms with E-state index in [-0.39, 0.29) is 26.2 Å². The number of rotatable bonds is 5. The molecule has 0 radical (unpaired) electrons. The van der Waals surface area contributed by atoms with E-state index < -0.39 is 19.9 Å². The van der Waals surface area contributed by atoms with Gasteiger partial charge in [0.25, 0.3) is 10.0 Å². The van der Waals surface area contributed by atoms with Crippen LogP contribution in [0, 0.1) is 6.92 Å². The molecule has 8 heteroatoms. The quantitative estimate of drug-likeness (QED) is 0.658. The number of aryl methyl sites for hydroxylation is 1. The molecule has 0 amide bonds. The molecule has 0 spiro atoms. The van der Waals surface area contributed by atoms with E-state index in [1.165, 1.54) is 24.3 Å². The molecule has 0 aromatic heterocycles. The molecule has 1 N–H and O–H groups in total. The summed E-state index contributed by atoms with van der Waals surface area (Å²) in [6.07, 6.45) is 0. The smallest absolute Gasteiger partial charge is 0.284 e. The molecule has 6 nitrogen and oxygen atoms in total. The lowest BCUT2D eigenvalue weighted by atomic mass is 10.0. The summed E-state index contributed by atoms with van der Waals surface area (Å²) in [4.78, 5) is 0.149. The fraction of sp³-hybridized carbons (Fsp3) is 0.0455. The number of hydrogen-bond donors (Lipinski definition) is 1. The Bertz CT molecular complexity index is 1360. The molecule has 1 heterocycles. The number of hydrogen-bond acceptors (Lipinski definition) is 4. The van der Waals surface area contributed by atoms with Crippen molar-refractivity contribution in [1.29, 1.82) is 0 Å². The molecule has 4 rings (SSSR count). The Kier molecular flexibility index (Phi) is 5.05. The van der Waals surface area contributed by atoms with E-state index in [0.717, 1.165) is 5.56 Å². The SMILES string of the molecule is Cc1ccc(S(=O)(=O)/N=C2/NC(S(=O)(=O)c3ccccc3)=C2c2ccccc2)cc1. The molecule has 0 unspecified atom stereocenters. The van der Waals surface area contributed by atoms with E-state index in [0.29, 0.717) is 5.56 Å². The molecular weight excluding hydrogens is 420 g/mol. The van der Waals surface area contributed by atoms with Crippen LogP contribution in [0.3, 0.4) is 0 Å². The lowest BCUT2D eigenvalue weighted by Gasteiger charge is -2.27. The number of amidine groups is 1. The summed E-state index contributed by atoms with van der Waals surface area (Å²) in [5, 5.41) is 2.60.